The SMILES string of the molecule is [C-]#[N+]c1ccc([C@@H](CO)N2CCN(c3ccc(OC[C@@H](C)O)cc3Cl)[C@H](c3ccc(Cl)cc3)C2)cc1. The normalized spacial score (nSPS) is 17.9. The minimum absolute atomic E-state index is 0.0270. The molecule has 1 heterocycles. The van der Waals surface area contributed by atoms with Crippen LogP contribution in [0.2, 0.25) is 10.0 Å². The first-order valence-electron chi connectivity index (χ1n) is 11.8. The van der Waals surface area contributed by atoms with Gasteiger partial charge in [-0.1, -0.05) is 59.6 Å². The number of aliphatic hydroxyl groups is 2. The maximum atomic E-state index is 10.3. The van der Waals surface area contributed by atoms with Crippen LogP contribution in [0.4, 0.5) is 11.4 Å². The van der Waals surface area contributed by atoms with E-state index < -0.39 is 6.10 Å². The summed E-state index contributed by atoms with van der Waals surface area (Å²) >= 11 is 12.9. The molecule has 1 saturated heterocycles. The fourth-order valence-corrected chi connectivity index (χ4v) is 4.98. The van der Waals surface area contributed by atoms with Crippen molar-refractivity contribution < 1.29 is 14.9 Å². The summed E-state index contributed by atoms with van der Waals surface area (Å²) in [4.78, 5) is 8.02. The molecule has 0 amide bonds. The quantitative estimate of drug-likeness (QED) is 0.358. The molecule has 188 valence electrons. The molecule has 0 bridgehead atoms. The second-order valence-corrected chi connectivity index (χ2v) is 9.77. The third kappa shape index (κ3) is 6.12. The number of benzene rings is 3. The van der Waals surface area contributed by atoms with E-state index in [9.17, 15) is 10.2 Å². The Morgan fingerprint density at radius 2 is 1.78 bits per heavy atom. The van der Waals surface area contributed by atoms with Gasteiger partial charge in [-0.2, -0.15) is 0 Å². The molecule has 0 spiro atoms. The molecule has 0 saturated carbocycles. The summed E-state index contributed by atoms with van der Waals surface area (Å²) in [5, 5.41) is 21.1. The van der Waals surface area contributed by atoms with E-state index in [-0.39, 0.29) is 25.3 Å². The van der Waals surface area contributed by atoms with Gasteiger partial charge in [0.1, 0.15) is 12.4 Å². The molecule has 1 aliphatic heterocycles. The maximum absolute atomic E-state index is 10.3. The molecule has 6 nitrogen and oxygen atoms in total. The van der Waals surface area contributed by atoms with Gasteiger partial charge in [0.25, 0.3) is 0 Å². The number of halogens is 2. The number of piperazine rings is 1. The van der Waals surface area contributed by atoms with Crippen LogP contribution in [-0.2, 0) is 0 Å². The monoisotopic (exact) mass is 525 g/mol. The van der Waals surface area contributed by atoms with E-state index in [0.717, 1.165) is 23.4 Å². The van der Waals surface area contributed by atoms with Crippen LogP contribution in [0.25, 0.3) is 4.85 Å². The van der Waals surface area contributed by atoms with E-state index >= 15 is 0 Å². The molecule has 0 radical (unpaired) electrons. The van der Waals surface area contributed by atoms with Crippen LogP contribution in [0, 0.1) is 6.57 Å². The number of nitrogens with zero attached hydrogens (tertiary/aromatic N) is 3. The van der Waals surface area contributed by atoms with E-state index in [2.05, 4.69) is 14.6 Å². The van der Waals surface area contributed by atoms with Crippen LogP contribution < -0.4 is 9.64 Å². The Hall–Kier alpha value is -2.79. The van der Waals surface area contributed by atoms with Crippen molar-refractivity contribution in [3.63, 3.8) is 0 Å². The first kappa shape index (κ1) is 26.3. The smallest absolute Gasteiger partial charge is 0.187 e. The molecule has 0 aliphatic carbocycles. The molecule has 0 aromatic heterocycles. The Kier molecular flexibility index (Phi) is 8.73. The minimum atomic E-state index is -0.567. The van der Waals surface area contributed by atoms with Crippen molar-refractivity contribution >= 4 is 34.6 Å². The van der Waals surface area contributed by atoms with Crippen LogP contribution in [0.1, 0.15) is 30.1 Å². The van der Waals surface area contributed by atoms with E-state index in [1.165, 1.54) is 0 Å². The van der Waals surface area contributed by atoms with Crippen molar-refractivity contribution in [1.29, 1.82) is 0 Å². The zero-order chi connectivity index (χ0) is 25.7. The van der Waals surface area contributed by atoms with Crippen LogP contribution in [0.15, 0.2) is 66.7 Å². The van der Waals surface area contributed by atoms with E-state index in [0.29, 0.717) is 34.6 Å². The van der Waals surface area contributed by atoms with Crippen molar-refractivity contribution in [2.75, 3.05) is 37.7 Å². The van der Waals surface area contributed by atoms with Crippen LogP contribution in [-0.4, -0.2) is 54.1 Å². The van der Waals surface area contributed by atoms with Crippen molar-refractivity contribution in [3.05, 3.63) is 99.3 Å². The van der Waals surface area contributed by atoms with Crippen molar-refractivity contribution in [2.24, 2.45) is 0 Å². The largest absolute Gasteiger partial charge is 0.491 e. The van der Waals surface area contributed by atoms with Crippen molar-refractivity contribution in [1.82, 2.24) is 4.90 Å². The first-order chi connectivity index (χ1) is 17.4. The number of rotatable bonds is 8. The zero-order valence-corrected chi connectivity index (χ0v) is 21.5. The predicted octanol–water partition coefficient (Wildman–Crippen LogP) is 5.90. The summed E-state index contributed by atoms with van der Waals surface area (Å²) in [7, 11) is 0. The molecule has 4 rings (SSSR count). The lowest BCUT2D eigenvalue weighted by Crippen LogP contribution is -2.50. The van der Waals surface area contributed by atoms with Gasteiger partial charge in [0.2, 0.25) is 0 Å². The maximum Gasteiger partial charge on any atom is 0.187 e. The van der Waals surface area contributed by atoms with Gasteiger partial charge in [0.15, 0.2) is 5.69 Å². The van der Waals surface area contributed by atoms with Gasteiger partial charge in [-0.25, -0.2) is 4.85 Å². The molecule has 1 fully saturated rings. The highest BCUT2D eigenvalue weighted by Crippen LogP contribution is 2.39. The number of hydrogen-bond acceptors (Lipinski definition) is 5. The standard InChI is InChI=1S/C28H29Cl2N3O3/c1-19(35)18-36-24-11-12-26(25(30)15-24)33-14-13-32(16-27(33)20-3-7-22(29)8-4-20)28(17-34)21-5-9-23(31-2)10-6-21/h3-12,15,19,27-28,34-35H,13-14,16-18H2,1H3/t19-,27+,28-/m1/s1. The van der Waals surface area contributed by atoms with Gasteiger partial charge in [-0.15, -0.1) is 0 Å². The lowest BCUT2D eigenvalue weighted by Gasteiger charge is -2.46. The molecule has 8 heteroatoms. The highest BCUT2D eigenvalue weighted by molar-refractivity contribution is 6.33. The van der Waals surface area contributed by atoms with Crippen molar-refractivity contribution in [3.8, 4) is 5.75 Å². The van der Waals surface area contributed by atoms with E-state index in [1.54, 1.807) is 25.1 Å². The first-order valence-corrected chi connectivity index (χ1v) is 12.6. The number of aliphatic hydroxyl groups excluding tert-OH is 2. The Morgan fingerprint density at radius 3 is 2.39 bits per heavy atom. The minimum Gasteiger partial charge on any atom is -0.491 e. The summed E-state index contributed by atoms with van der Waals surface area (Å²) in [6, 6.07) is 20.6. The van der Waals surface area contributed by atoms with Gasteiger partial charge in [0, 0.05) is 30.7 Å². The number of hydrogen-bond donors (Lipinski definition) is 2. The van der Waals surface area contributed by atoms with Gasteiger partial charge < -0.3 is 19.8 Å². The van der Waals surface area contributed by atoms with E-state index in [4.69, 9.17) is 34.5 Å². The van der Waals surface area contributed by atoms with Gasteiger partial charge in [-0.05, 0) is 42.3 Å². The summed E-state index contributed by atoms with van der Waals surface area (Å²) < 4.78 is 5.62. The molecule has 0 unspecified atom stereocenters. The molecular weight excluding hydrogens is 497 g/mol. The highest BCUT2D eigenvalue weighted by Gasteiger charge is 2.33. The Balaban J connectivity index is 1.63. The average molecular weight is 526 g/mol. The Morgan fingerprint density at radius 1 is 1.06 bits per heavy atom. The summed E-state index contributed by atoms with van der Waals surface area (Å²) in [5.41, 5.74) is 3.54. The lowest BCUT2D eigenvalue weighted by molar-refractivity contribution is 0.103. The Labute approximate surface area is 222 Å². The number of anilines is 1. The third-order valence-electron chi connectivity index (χ3n) is 6.41. The van der Waals surface area contributed by atoms with Crippen LogP contribution >= 0.6 is 23.2 Å². The molecule has 1 aliphatic rings. The molecule has 3 aromatic carbocycles. The average Bonchev–Trinajstić information content (AvgIpc) is 2.89. The van der Waals surface area contributed by atoms with Gasteiger partial charge in [0.05, 0.1) is 42.1 Å². The second-order valence-electron chi connectivity index (χ2n) is 8.93. The van der Waals surface area contributed by atoms with Crippen LogP contribution in [0.5, 0.6) is 5.75 Å². The molecular formula is C28H29Cl2N3O3. The lowest BCUT2D eigenvalue weighted by atomic mass is 9.98. The molecule has 3 aromatic rings. The summed E-state index contributed by atoms with van der Waals surface area (Å²) in [6.45, 7) is 11.1. The highest BCUT2D eigenvalue weighted by atomic mass is 35.5. The fourth-order valence-electron chi connectivity index (χ4n) is 4.58. The van der Waals surface area contributed by atoms with Gasteiger partial charge in [-0.3, -0.25) is 4.90 Å². The summed E-state index contributed by atoms with van der Waals surface area (Å²) in [5.74, 6) is 0.606. The second kappa shape index (κ2) is 12.0. The predicted molar refractivity (Wildman–Crippen MR) is 144 cm³/mol. The van der Waals surface area contributed by atoms with E-state index in [1.807, 2.05) is 48.5 Å². The zero-order valence-electron chi connectivity index (χ0n) is 20.0. The van der Waals surface area contributed by atoms with Gasteiger partial charge >= 0.3 is 0 Å². The molecule has 2 N–H and O–H groups in total. The summed E-state index contributed by atoms with van der Waals surface area (Å²) in [6.07, 6.45) is -0.567. The fraction of sp³-hybridized carbons (Fsp3) is 0.321. The Bertz CT molecular complexity index is 1200. The van der Waals surface area contributed by atoms with Crippen molar-refractivity contribution in [2.45, 2.75) is 25.1 Å². The molecule has 3 atom stereocenters. The van der Waals surface area contributed by atoms with Crippen LogP contribution in [0.3, 0.4) is 0 Å². The topological polar surface area (TPSA) is 60.5 Å². The molecule has 36 heavy (non-hydrogen) atoms. The third-order valence-corrected chi connectivity index (χ3v) is 6.96. The number of ether oxygens (including phenoxy) is 1.